The monoisotopic (exact) mass is 516 g/mol. The van der Waals surface area contributed by atoms with Gasteiger partial charge in [-0.3, -0.25) is 4.79 Å². The molecule has 0 radical (unpaired) electrons. The van der Waals surface area contributed by atoms with E-state index in [2.05, 4.69) is 15.5 Å². The van der Waals surface area contributed by atoms with Gasteiger partial charge in [0.1, 0.15) is 11.4 Å². The third-order valence-corrected chi connectivity index (χ3v) is 7.20. The summed E-state index contributed by atoms with van der Waals surface area (Å²) in [5, 5.41) is 22.9. The molecule has 1 amide bonds. The molecule has 37 heavy (non-hydrogen) atoms. The van der Waals surface area contributed by atoms with Crippen molar-refractivity contribution in [2.75, 3.05) is 31.0 Å². The Kier molecular flexibility index (Phi) is 6.49. The Morgan fingerprint density at radius 1 is 1.22 bits per heavy atom. The number of nitrogens with one attached hydrogen (secondary N) is 1. The van der Waals surface area contributed by atoms with Crippen LogP contribution in [0.5, 0.6) is 0 Å². The largest absolute Gasteiger partial charge is 0.384 e. The zero-order valence-corrected chi connectivity index (χ0v) is 21.9. The summed E-state index contributed by atoms with van der Waals surface area (Å²) in [5.74, 6) is -4.71. The molecule has 198 valence electrons. The van der Waals surface area contributed by atoms with Crippen molar-refractivity contribution in [2.24, 2.45) is 0 Å². The van der Waals surface area contributed by atoms with Crippen LogP contribution in [0.3, 0.4) is 0 Å². The molecule has 0 spiro atoms. The summed E-state index contributed by atoms with van der Waals surface area (Å²) in [6.45, 7) is 7.33. The van der Waals surface area contributed by atoms with E-state index in [4.69, 9.17) is 4.74 Å². The maximum atomic E-state index is 15.3. The summed E-state index contributed by atoms with van der Waals surface area (Å²) in [5.41, 5.74) is -2.09. The number of methoxy groups -OCH3 is 1. The highest BCUT2D eigenvalue weighted by atomic mass is 19.3. The number of aromatic nitrogens is 2. The summed E-state index contributed by atoms with van der Waals surface area (Å²) in [6.07, 6.45) is 0. The van der Waals surface area contributed by atoms with Gasteiger partial charge in [-0.05, 0) is 58.4 Å². The zero-order valence-electron chi connectivity index (χ0n) is 21.9. The van der Waals surface area contributed by atoms with Crippen molar-refractivity contribution in [2.45, 2.75) is 57.6 Å². The predicted molar refractivity (Wildman–Crippen MR) is 136 cm³/mol. The Morgan fingerprint density at radius 3 is 2.51 bits per heavy atom. The molecule has 4 rings (SSSR count). The van der Waals surface area contributed by atoms with Crippen LogP contribution in [0, 0.1) is 12.7 Å². The minimum Gasteiger partial charge on any atom is -0.384 e. The van der Waals surface area contributed by atoms with Gasteiger partial charge >= 0.3 is 5.92 Å². The maximum absolute atomic E-state index is 15.3. The second-order valence-corrected chi connectivity index (χ2v) is 10.4. The fraction of sp³-hybridized carbons (Fsp3) is 0.444. The average molecular weight is 517 g/mol. The first-order valence-corrected chi connectivity index (χ1v) is 11.9. The van der Waals surface area contributed by atoms with Crippen LogP contribution in [0.4, 0.5) is 24.7 Å². The van der Waals surface area contributed by atoms with Crippen LogP contribution in [-0.2, 0) is 20.9 Å². The smallest absolute Gasteiger partial charge is 0.303 e. The van der Waals surface area contributed by atoms with Crippen molar-refractivity contribution < 1.29 is 27.8 Å². The maximum Gasteiger partial charge on any atom is 0.303 e. The van der Waals surface area contributed by atoms with Gasteiger partial charge in [-0.2, -0.15) is 13.9 Å². The lowest BCUT2D eigenvalue weighted by molar-refractivity contribution is -0.170. The fourth-order valence-corrected chi connectivity index (χ4v) is 4.90. The van der Waals surface area contributed by atoms with Crippen LogP contribution in [0.2, 0.25) is 0 Å². The molecule has 0 aliphatic carbocycles. The Morgan fingerprint density at radius 2 is 1.89 bits per heavy atom. The average Bonchev–Trinajstić information content (AvgIpc) is 3.00. The van der Waals surface area contributed by atoms with Crippen LogP contribution in [0.15, 0.2) is 30.3 Å². The molecule has 7 nitrogen and oxygen atoms in total. The van der Waals surface area contributed by atoms with E-state index in [1.54, 1.807) is 32.9 Å². The third kappa shape index (κ3) is 4.12. The van der Waals surface area contributed by atoms with Gasteiger partial charge in [0, 0.05) is 36.2 Å². The number of fused-ring (bicyclic) bond motifs is 2. The molecule has 2 heterocycles. The molecule has 1 aliphatic heterocycles. The predicted octanol–water partition coefficient (Wildman–Crippen LogP) is 4.99. The highest BCUT2D eigenvalue weighted by Crippen LogP contribution is 2.45. The van der Waals surface area contributed by atoms with Crippen molar-refractivity contribution in [1.82, 2.24) is 10.2 Å². The number of ether oxygens (including phenoxy) is 1. The van der Waals surface area contributed by atoms with Crippen LogP contribution in [0.25, 0.3) is 10.8 Å². The van der Waals surface area contributed by atoms with Crippen molar-refractivity contribution in [3.63, 3.8) is 0 Å². The summed E-state index contributed by atoms with van der Waals surface area (Å²) < 4.78 is 50.3. The number of benzene rings is 2. The van der Waals surface area contributed by atoms with Crippen molar-refractivity contribution >= 4 is 28.2 Å². The molecule has 0 bridgehead atoms. The normalized spacial score (nSPS) is 18.9. The minimum absolute atomic E-state index is 0.0157. The topological polar surface area (TPSA) is 87.6 Å². The highest BCUT2D eigenvalue weighted by molar-refractivity contribution is 6.11. The summed E-state index contributed by atoms with van der Waals surface area (Å²) in [6, 6.07) is 6.66. The summed E-state index contributed by atoms with van der Waals surface area (Å²) in [4.78, 5) is 14.7. The Bertz CT molecular complexity index is 1390. The number of hydrogen-bond acceptors (Lipinski definition) is 6. The van der Waals surface area contributed by atoms with E-state index >= 15 is 4.39 Å². The van der Waals surface area contributed by atoms with Gasteiger partial charge < -0.3 is 20.1 Å². The van der Waals surface area contributed by atoms with Gasteiger partial charge in [-0.25, -0.2) is 4.39 Å². The number of hydrogen-bond donors (Lipinski definition) is 2. The highest BCUT2D eigenvalue weighted by Gasteiger charge is 2.49. The van der Waals surface area contributed by atoms with Gasteiger partial charge in [0.2, 0.25) is 5.91 Å². The van der Waals surface area contributed by atoms with E-state index in [1.807, 2.05) is 19.1 Å². The van der Waals surface area contributed by atoms with Crippen LogP contribution in [-0.4, -0.2) is 47.6 Å². The minimum atomic E-state index is -3.81. The van der Waals surface area contributed by atoms with Crippen molar-refractivity contribution in [1.29, 1.82) is 0 Å². The number of alkyl halides is 2. The van der Waals surface area contributed by atoms with E-state index in [1.165, 1.54) is 12.1 Å². The molecule has 0 saturated heterocycles. The molecule has 2 N–H and O–H groups in total. The molecule has 2 aromatic carbocycles. The number of likely N-dealkylation sites (N-methyl/N-ethyl adjacent to an activating group) is 1. The number of carbonyl (C=O) groups is 1. The lowest BCUT2D eigenvalue weighted by atomic mass is 9.83. The van der Waals surface area contributed by atoms with Crippen molar-refractivity contribution in [3.8, 4) is 0 Å². The number of amides is 1. The SMILES string of the molecule is COCC1(C)C(=O)N(C)c2cc3c(N[C@H](C)c4cccc(C(F)(F)C(C)(C)O)c4F)nnc(C)c3cc21. The number of aliphatic hydroxyl groups is 1. The first-order chi connectivity index (χ1) is 17.1. The number of aryl methyl sites for hydroxylation is 1. The zero-order chi connectivity index (χ0) is 27.5. The lowest BCUT2D eigenvalue weighted by Crippen LogP contribution is -2.41. The van der Waals surface area contributed by atoms with E-state index in [9.17, 15) is 18.7 Å². The first-order valence-electron chi connectivity index (χ1n) is 11.9. The van der Waals surface area contributed by atoms with Gasteiger partial charge in [0.05, 0.1) is 29.3 Å². The molecule has 1 unspecified atom stereocenters. The lowest BCUT2D eigenvalue weighted by Gasteiger charge is -2.30. The Hall–Kier alpha value is -3.24. The van der Waals surface area contributed by atoms with E-state index in [0.29, 0.717) is 22.6 Å². The second kappa shape index (κ2) is 8.95. The summed E-state index contributed by atoms with van der Waals surface area (Å²) >= 11 is 0. The number of rotatable bonds is 7. The first kappa shape index (κ1) is 26.8. The van der Waals surface area contributed by atoms with Crippen LogP contribution < -0.4 is 10.2 Å². The van der Waals surface area contributed by atoms with Crippen LogP contribution in [0.1, 0.15) is 56.1 Å². The van der Waals surface area contributed by atoms with Gasteiger partial charge in [0.25, 0.3) is 0 Å². The Labute approximate surface area is 213 Å². The van der Waals surface area contributed by atoms with E-state index in [0.717, 1.165) is 30.9 Å². The Balaban J connectivity index is 1.79. The fourth-order valence-electron chi connectivity index (χ4n) is 4.90. The quantitative estimate of drug-likeness (QED) is 0.460. The number of halogens is 3. The number of anilines is 2. The molecule has 1 aromatic heterocycles. The van der Waals surface area contributed by atoms with Gasteiger partial charge in [-0.15, -0.1) is 5.10 Å². The molecule has 0 saturated carbocycles. The number of carbonyl (C=O) groups excluding carboxylic acids is 1. The van der Waals surface area contributed by atoms with Crippen molar-refractivity contribution in [3.05, 3.63) is 58.5 Å². The number of nitrogens with zero attached hydrogens (tertiary/aromatic N) is 3. The standard InChI is InChI=1S/C27H31F3N4O3/c1-14(16-9-8-10-19(22(16)28)27(29,30)25(3,4)36)31-23-18-12-21-20(11-17(18)15(2)32-33-23)26(5,13-37-7)24(35)34(21)6/h8-12,14,36H,13H2,1-7H3,(H,31,33)/t14-,26?/m1/s1. The molecule has 10 heteroatoms. The van der Waals surface area contributed by atoms with Gasteiger partial charge in [-0.1, -0.05) is 12.1 Å². The molecule has 3 aromatic rings. The van der Waals surface area contributed by atoms with Gasteiger partial charge in [0.15, 0.2) is 5.82 Å². The molecule has 2 atom stereocenters. The van der Waals surface area contributed by atoms with Crippen LogP contribution >= 0.6 is 0 Å². The molecule has 0 fully saturated rings. The second-order valence-electron chi connectivity index (χ2n) is 10.4. The van der Waals surface area contributed by atoms with E-state index < -0.39 is 34.4 Å². The third-order valence-electron chi connectivity index (χ3n) is 7.20. The molecule has 1 aliphatic rings. The molecular weight excluding hydrogens is 485 g/mol. The molecular formula is C27H31F3N4O3. The van der Waals surface area contributed by atoms with E-state index in [-0.39, 0.29) is 18.1 Å². The summed E-state index contributed by atoms with van der Waals surface area (Å²) in [7, 11) is 3.23.